The van der Waals surface area contributed by atoms with Gasteiger partial charge in [-0.3, -0.25) is 4.79 Å². The molecular weight excluding hydrogens is 306 g/mol. The highest BCUT2D eigenvalue weighted by Crippen LogP contribution is 2.39. The van der Waals surface area contributed by atoms with Crippen molar-refractivity contribution >= 4 is 17.2 Å². The van der Waals surface area contributed by atoms with Gasteiger partial charge in [-0.25, -0.2) is 0 Å². The average molecular weight is 328 g/mol. The fourth-order valence-electron chi connectivity index (χ4n) is 3.14. The Hall–Kier alpha value is -2.35. The summed E-state index contributed by atoms with van der Waals surface area (Å²) in [4.78, 5) is 11.2. The van der Waals surface area contributed by atoms with Crippen molar-refractivity contribution in [2.75, 3.05) is 5.32 Å². The third-order valence-electron chi connectivity index (χ3n) is 4.22. The molecule has 1 fully saturated rings. The van der Waals surface area contributed by atoms with E-state index in [1.807, 2.05) is 18.2 Å². The fraction of sp³-hybridized carbons (Fsp3) is 0.130. The lowest BCUT2D eigenvalue weighted by Gasteiger charge is -2.20. The van der Waals surface area contributed by atoms with E-state index in [4.69, 9.17) is 0 Å². The molecule has 1 saturated carbocycles. The van der Waals surface area contributed by atoms with Crippen molar-refractivity contribution in [1.29, 1.82) is 0 Å². The van der Waals surface area contributed by atoms with Crippen molar-refractivity contribution in [3.63, 3.8) is 0 Å². The van der Waals surface area contributed by atoms with Crippen LogP contribution in [-0.2, 0) is 4.79 Å². The first-order valence-electron chi connectivity index (χ1n) is 8.57. The van der Waals surface area contributed by atoms with Gasteiger partial charge in [0, 0.05) is 18.5 Å². The fourth-order valence-corrected chi connectivity index (χ4v) is 3.14. The van der Waals surface area contributed by atoms with Crippen LogP contribution >= 0.6 is 0 Å². The Labute approximate surface area is 151 Å². The minimum Gasteiger partial charge on any atom is -0.326 e. The summed E-state index contributed by atoms with van der Waals surface area (Å²) >= 11 is 0. The van der Waals surface area contributed by atoms with Gasteiger partial charge in [-0.15, -0.1) is 0 Å². The van der Waals surface area contributed by atoms with E-state index < -0.39 is 0 Å². The Morgan fingerprint density at radius 2 is 1.48 bits per heavy atom. The zero-order valence-corrected chi connectivity index (χ0v) is 14.6. The third-order valence-corrected chi connectivity index (χ3v) is 4.22. The number of anilines is 1. The second-order valence-corrected chi connectivity index (χ2v) is 6.01. The molecule has 125 valence electrons. The van der Waals surface area contributed by atoms with Crippen molar-refractivity contribution < 1.29 is 4.79 Å². The van der Waals surface area contributed by atoms with E-state index >= 15 is 0 Å². The molecule has 1 aliphatic rings. The molecule has 0 heterocycles. The summed E-state index contributed by atoms with van der Waals surface area (Å²) < 4.78 is 0. The maximum atomic E-state index is 11.2. The summed E-state index contributed by atoms with van der Waals surface area (Å²) in [7, 11) is 0. The van der Waals surface area contributed by atoms with Gasteiger partial charge in [0.25, 0.3) is 0 Å². The van der Waals surface area contributed by atoms with Crippen LogP contribution in [0, 0.1) is 31.6 Å². The molecule has 1 aliphatic carbocycles. The van der Waals surface area contributed by atoms with Crippen LogP contribution in [0.25, 0.3) is 5.57 Å². The van der Waals surface area contributed by atoms with Gasteiger partial charge < -0.3 is 5.32 Å². The quantitative estimate of drug-likeness (QED) is 0.796. The van der Waals surface area contributed by atoms with E-state index in [0.717, 1.165) is 17.7 Å². The Kier molecular flexibility index (Phi) is 5.70. The molecule has 25 heavy (non-hydrogen) atoms. The molecule has 2 heteroatoms. The number of amides is 1. The van der Waals surface area contributed by atoms with Crippen molar-refractivity contribution in [3.8, 4) is 0 Å². The summed E-state index contributed by atoms with van der Waals surface area (Å²) in [6.07, 6.45) is 9.42. The third kappa shape index (κ3) is 4.19. The van der Waals surface area contributed by atoms with Crippen molar-refractivity contribution in [2.24, 2.45) is 0 Å². The van der Waals surface area contributed by atoms with Crippen LogP contribution in [0.2, 0.25) is 0 Å². The molecule has 0 spiro atoms. The van der Waals surface area contributed by atoms with E-state index in [1.54, 1.807) is 0 Å². The van der Waals surface area contributed by atoms with E-state index in [2.05, 4.69) is 74.3 Å². The van der Waals surface area contributed by atoms with Crippen LogP contribution in [0.1, 0.15) is 31.4 Å². The number of allylic oxidation sites excluding steroid dienone is 1. The summed E-state index contributed by atoms with van der Waals surface area (Å²) in [6, 6.07) is 18.5. The number of nitrogens with one attached hydrogen (secondary N) is 1. The number of rotatable bonds is 5. The molecular formula is C23H22NO. The maximum absolute atomic E-state index is 11.2. The summed E-state index contributed by atoms with van der Waals surface area (Å²) in [5, 5.41) is 2.83. The monoisotopic (exact) mass is 328 g/mol. The zero-order chi connectivity index (χ0) is 17.6. The van der Waals surface area contributed by atoms with Crippen LogP contribution in [0.15, 0.2) is 60.2 Å². The molecule has 0 aromatic heterocycles. The molecule has 0 bridgehead atoms. The highest BCUT2D eigenvalue weighted by molar-refractivity contribution is 5.90. The number of benzene rings is 2. The predicted molar refractivity (Wildman–Crippen MR) is 104 cm³/mol. The van der Waals surface area contributed by atoms with E-state index in [1.165, 1.54) is 29.6 Å². The molecule has 1 N–H and O–H groups in total. The molecule has 1 amide bonds. The number of carbonyl (C=O) groups excluding carboxylic acids is 1. The molecule has 2 aromatic carbocycles. The van der Waals surface area contributed by atoms with Crippen LogP contribution in [0.5, 0.6) is 0 Å². The Balaban J connectivity index is 2.06. The number of hydrogen-bond donors (Lipinski definition) is 1. The van der Waals surface area contributed by atoms with Gasteiger partial charge in [0.15, 0.2) is 0 Å². The highest BCUT2D eigenvalue weighted by atomic mass is 16.1. The highest BCUT2D eigenvalue weighted by Gasteiger charge is 2.24. The largest absolute Gasteiger partial charge is 0.326 e. The number of hydrogen-bond acceptors (Lipinski definition) is 1. The molecule has 5 radical (unpaired) electrons. The SMILES string of the molecule is CC/C([C]1[CH][CH][CH][CH]1)=C(\c1ccccc1)c1ccc(NC(C)=O)cc1. The van der Waals surface area contributed by atoms with Gasteiger partial charge >= 0.3 is 0 Å². The minimum atomic E-state index is -0.0578. The van der Waals surface area contributed by atoms with Gasteiger partial charge in [0.1, 0.15) is 0 Å². The lowest BCUT2D eigenvalue weighted by atomic mass is 9.84. The Morgan fingerprint density at radius 1 is 0.880 bits per heavy atom. The Bertz CT molecular complexity index is 737. The first-order chi connectivity index (χ1) is 12.2. The molecule has 0 atom stereocenters. The first-order valence-corrected chi connectivity index (χ1v) is 8.57. The van der Waals surface area contributed by atoms with E-state index in [-0.39, 0.29) is 5.91 Å². The standard InChI is InChI=1S/C23H22NO/c1-3-22(18-9-7-8-10-18)23(19-11-5-4-6-12-19)20-13-15-21(16-14-20)24-17(2)25/h4-16H,3H2,1-2H3,(H,24,25)/b23-22-. The van der Waals surface area contributed by atoms with Gasteiger partial charge in [-0.05, 0) is 60.9 Å². The number of carbonyl (C=O) groups is 1. The van der Waals surface area contributed by atoms with Gasteiger partial charge in [0.2, 0.25) is 5.91 Å². The maximum Gasteiger partial charge on any atom is 0.221 e. The molecule has 2 aromatic rings. The topological polar surface area (TPSA) is 29.1 Å². The van der Waals surface area contributed by atoms with Crippen LogP contribution in [-0.4, -0.2) is 5.91 Å². The molecule has 0 unspecified atom stereocenters. The summed E-state index contributed by atoms with van der Waals surface area (Å²) in [5.74, 6) is 1.20. The van der Waals surface area contributed by atoms with Gasteiger partial charge in [-0.2, -0.15) is 0 Å². The van der Waals surface area contributed by atoms with Gasteiger partial charge in [0.05, 0.1) is 0 Å². The predicted octanol–water partition coefficient (Wildman–Crippen LogP) is 5.26. The molecule has 3 rings (SSSR count). The van der Waals surface area contributed by atoms with Crippen LogP contribution in [0.4, 0.5) is 5.69 Å². The zero-order valence-electron chi connectivity index (χ0n) is 14.6. The minimum absolute atomic E-state index is 0.0578. The van der Waals surface area contributed by atoms with Crippen molar-refractivity contribution in [1.82, 2.24) is 0 Å². The molecule has 2 nitrogen and oxygen atoms in total. The normalized spacial score (nSPS) is 15.8. The van der Waals surface area contributed by atoms with Crippen molar-refractivity contribution in [2.45, 2.75) is 20.3 Å². The molecule has 0 saturated heterocycles. The summed E-state index contributed by atoms with van der Waals surface area (Å²) in [6.45, 7) is 3.71. The van der Waals surface area contributed by atoms with E-state index in [0.29, 0.717) is 0 Å². The summed E-state index contributed by atoms with van der Waals surface area (Å²) in [5.41, 5.74) is 5.73. The van der Waals surface area contributed by atoms with Gasteiger partial charge in [-0.1, -0.05) is 55.0 Å². The lowest BCUT2D eigenvalue weighted by molar-refractivity contribution is -0.114. The molecule has 0 aliphatic heterocycles. The lowest BCUT2D eigenvalue weighted by Crippen LogP contribution is -2.06. The van der Waals surface area contributed by atoms with Crippen molar-refractivity contribution in [3.05, 3.63) is 103 Å². The van der Waals surface area contributed by atoms with E-state index in [9.17, 15) is 4.79 Å². The second kappa shape index (κ2) is 8.15. The smallest absolute Gasteiger partial charge is 0.221 e. The first kappa shape index (κ1) is 17.5. The van der Waals surface area contributed by atoms with Crippen LogP contribution in [0.3, 0.4) is 0 Å². The second-order valence-electron chi connectivity index (χ2n) is 6.01. The Morgan fingerprint density at radius 3 is 2.04 bits per heavy atom. The average Bonchev–Trinajstić information content (AvgIpc) is 3.15. The van der Waals surface area contributed by atoms with Crippen LogP contribution < -0.4 is 5.32 Å².